The normalized spacial score (nSPS) is 18.8. The van der Waals surface area contributed by atoms with Gasteiger partial charge >= 0.3 is 0 Å². The molecule has 1 aliphatic heterocycles. The summed E-state index contributed by atoms with van der Waals surface area (Å²) in [5, 5.41) is 3.53. The molecule has 1 aromatic rings. The molecule has 1 fully saturated rings. The molecule has 106 valence electrons. The summed E-state index contributed by atoms with van der Waals surface area (Å²) in [6.07, 6.45) is 2.50. The zero-order chi connectivity index (χ0) is 13.5. The number of nitrogens with zero attached hydrogens (tertiary/aromatic N) is 1. The minimum absolute atomic E-state index is 0.729. The third kappa shape index (κ3) is 4.13. The van der Waals surface area contributed by atoms with Gasteiger partial charge < -0.3 is 15.0 Å². The molecule has 0 aromatic heterocycles. The Morgan fingerprint density at radius 2 is 2.26 bits per heavy atom. The first-order chi connectivity index (χ1) is 9.33. The first-order valence-corrected chi connectivity index (χ1v) is 7.52. The van der Waals surface area contributed by atoms with Crippen LogP contribution in [0.1, 0.15) is 26.7 Å². The quantitative estimate of drug-likeness (QED) is 0.765. The van der Waals surface area contributed by atoms with E-state index in [9.17, 15) is 0 Å². The zero-order valence-corrected chi connectivity index (χ0v) is 12.2. The maximum absolute atomic E-state index is 5.57. The minimum Gasteiger partial charge on any atom is -0.494 e. The Bertz CT molecular complexity index is 381. The highest BCUT2D eigenvalue weighted by Gasteiger charge is 2.22. The SMILES string of the molecule is CCCNCC1CCN(c2cccc(OCC)c2)C1. The second-order valence-corrected chi connectivity index (χ2v) is 5.24. The molecule has 1 N–H and O–H groups in total. The summed E-state index contributed by atoms with van der Waals surface area (Å²) in [7, 11) is 0. The van der Waals surface area contributed by atoms with E-state index in [1.807, 2.05) is 13.0 Å². The topological polar surface area (TPSA) is 24.5 Å². The van der Waals surface area contributed by atoms with Crippen LogP contribution in [0.5, 0.6) is 5.75 Å². The van der Waals surface area contributed by atoms with Crippen molar-refractivity contribution in [3.63, 3.8) is 0 Å². The Kier molecular flexibility index (Phi) is 5.52. The highest BCUT2D eigenvalue weighted by atomic mass is 16.5. The van der Waals surface area contributed by atoms with Crippen LogP contribution in [0.3, 0.4) is 0 Å². The Morgan fingerprint density at radius 1 is 1.37 bits per heavy atom. The largest absolute Gasteiger partial charge is 0.494 e. The number of ether oxygens (including phenoxy) is 1. The molecule has 1 saturated heterocycles. The Labute approximate surface area is 116 Å². The van der Waals surface area contributed by atoms with Crippen molar-refractivity contribution in [2.45, 2.75) is 26.7 Å². The second-order valence-electron chi connectivity index (χ2n) is 5.24. The van der Waals surface area contributed by atoms with Gasteiger partial charge in [0, 0.05) is 24.8 Å². The van der Waals surface area contributed by atoms with Crippen molar-refractivity contribution in [1.82, 2.24) is 5.32 Å². The Balaban J connectivity index is 1.87. The number of benzene rings is 1. The van der Waals surface area contributed by atoms with Gasteiger partial charge in [0.1, 0.15) is 5.75 Å². The van der Waals surface area contributed by atoms with Gasteiger partial charge in [0.15, 0.2) is 0 Å². The third-order valence-electron chi connectivity index (χ3n) is 3.64. The van der Waals surface area contributed by atoms with E-state index in [0.717, 1.165) is 44.5 Å². The number of hydrogen-bond donors (Lipinski definition) is 1. The molecule has 2 rings (SSSR count). The van der Waals surface area contributed by atoms with Crippen LogP contribution in [0, 0.1) is 5.92 Å². The molecule has 3 nitrogen and oxygen atoms in total. The predicted octanol–water partition coefficient (Wildman–Crippen LogP) is 2.91. The lowest BCUT2D eigenvalue weighted by atomic mass is 10.1. The fourth-order valence-electron chi connectivity index (χ4n) is 2.65. The smallest absolute Gasteiger partial charge is 0.121 e. The number of anilines is 1. The zero-order valence-electron chi connectivity index (χ0n) is 12.2. The molecule has 0 spiro atoms. The van der Waals surface area contributed by atoms with Crippen molar-refractivity contribution in [2.24, 2.45) is 5.92 Å². The molecule has 0 saturated carbocycles. The van der Waals surface area contributed by atoms with Gasteiger partial charge in [0.2, 0.25) is 0 Å². The lowest BCUT2D eigenvalue weighted by Gasteiger charge is -2.19. The molecule has 1 heterocycles. The van der Waals surface area contributed by atoms with E-state index in [0.29, 0.717) is 0 Å². The van der Waals surface area contributed by atoms with E-state index in [2.05, 4.69) is 35.3 Å². The molecule has 0 radical (unpaired) electrons. The number of rotatable bonds is 7. The molecule has 0 aliphatic carbocycles. The number of hydrogen-bond acceptors (Lipinski definition) is 3. The van der Waals surface area contributed by atoms with Gasteiger partial charge in [-0.05, 0) is 50.9 Å². The lowest BCUT2D eigenvalue weighted by molar-refractivity contribution is 0.340. The van der Waals surface area contributed by atoms with Crippen LogP contribution >= 0.6 is 0 Å². The maximum Gasteiger partial charge on any atom is 0.121 e. The predicted molar refractivity (Wildman–Crippen MR) is 81.1 cm³/mol. The van der Waals surface area contributed by atoms with Crippen LogP contribution in [0.4, 0.5) is 5.69 Å². The van der Waals surface area contributed by atoms with E-state index in [-0.39, 0.29) is 0 Å². The van der Waals surface area contributed by atoms with E-state index in [1.54, 1.807) is 0 Å². The van der Waals surface area contributed by atoms with Crippen LogP contribution in [0.25, 0.3) is 0 Å². The summed E-state index contributed by atoms with van der Waals surface area (Å²) >= 11 is 0. The van der Waals surface area contributed by atoms with Crippen LogP contribution in [0.2, 0.25) is 0 Å². The molecular formula is C16H26N2O. The minimum atomic E-state index is 0.729. The second kappa shape index (κ2) is 7.39. The lowest BCUT2D eigenvalue weighted by Crippen LogP contribution is -2.26. The first kappa shape index (κ1) is 14.2. The van der Waals surface area contributed by atoms with Crippen LogP contribution in [0.15, 0.2) is 24.3 Å². The molecule has 19 heavy (non-hydrogen) atoms. The van der Waals surface area contributed by atoms with Crippen LogP contribution < -0.4 is 15.0 Å². The van der Waals surface area contributed by atoms with Gasteiger partial charge in [-0.25, -0.2) is 0 Å². The van der Waals surface area contributed by atoms with Crippen molar-refractivity contribution in [2.75, 3.05) is 37.7 Å². The molecule has 0 amide bonds. The number of nitrogens with one attached hydrogen (secondary N) is 1. The monoisotopic (exact) mass is 262 g/mol. The fraction of sp³-hybridized carbons (Fsp3) is 0.625. The van der Waals surface area contributed by atoms with Gasteiger partial charge in [0.25, 0.3) is 0 Å². The summed E-state index contributed by atoms with van der Waals surface area (Å²) in [5.74, 6) is 1.76. The highest BCUT2D eigenvalue weighted by molar-refractivity contribution is 5.51. The van der Waals surface area contributed by atoms with E-state index < -0.39 is 0 Å². The standard InChI is InChI=1S/C16H26N2O/c1-3-9-17-12-14-8-10-18(13-14)15-6-5-7-16(11-15)19-4-2/h5-7,11,14,17H,3-4,8-10,12-13H2,1-2H3. The summed E-state index contributed by atoms with van der Waals surface area (Å²) in [5.41, 5.74) is 1.30. The molecule has 1 atom stereocenters. The fourth-order valence-corrected chi connectivity index (χ4v) is 2.65. The van der Waals surface area contributed by atoms with Crippen molar-refractivity contribution in [1.29, 1.82) is 0 Å². The van der Waals surface area contributed by atoms with E-state index >= 15 is 0 Å². The van der Waals surface area contributed by atoms with Gasteiger partial charge in [0.05, 0.1) is 6.61 Å². The molecular weight excluding hydrogens is 236 g/mol. The van der Waals surface area contributed by atoms with Crippen LogP contribution in [-0.2, 0) is 0 Å². The van der Waals surface area contributed by atoms with Crippen molar-refractivity contribution >= 4 is 5.69 Å². The first-order valence-electron chi connectivity index (χ1n) is 7.52. The highest BCUT2D eigenvalue weighted by Crippen LogP contribution is 2.26. The van der Waals surface area contributed by atoms with Gasteiger partial charge in [-0.1, -0.05) is 13.0 Å². The van der Waals surface area contributed by atoms with Crippen molar-refractivity contribution in [3.05, 3.63) is 24.3 Å². The molecule has 1 unspecified atom stereocenters. The summed E-state index contributed by atoms with van der Waals surface area (Å²) in [6, 6.07) is 8.46. The summed E-state index contributed by atoms with van der Waals surface area (Å²) in [4.78, 5) is 2.47. The van der Waals surface area contributed by atoms with Crippen molar-refractivity contribution in [3.8, 4) is 5.75 Å². The average molecular weight is 262 g/mol. The van der Waals surface area contributed by atoms with Crippen LogP contribution in [-0.4, -0.2) is 32.8 Å². The van der Waals surface area contributed by atoms with Gasteiger partial charge in [-0.3, -0.25) is 0 Å². The Morgan fingerprint density at radius 3 is 3.05 bits per heavy atom. The maximum atomic E-state index is 5.57. The summed E-state index contributed by atoms with van der Waals surface area (Å²) < 4.78 is 5.57. The molecule has 0 bridgehead atoms. The Hall–Kier alpha value is -1.22. The van der Waals surface area contributed by atoms with Crippen molar-refractivity contribution < 1.29 is 4.74 Å². The molecule has 1 aliphatic rings. The van der Waals surface area contributed by atoms with E-state index in [1.165, 1.54) is 18.5 Å². The molecule has 3 heteroatoms. The summed E-state index contributed by atoms with van der Waals surface area (Å²) in [6.45, 7) is 9.57. The van der Waals surface area contributed by atoms with Gasteiger partial charge in [-0.15, -0.1) is 0 Å². The average Bonchev–Trinajstić information content (AvgIpc) is 2.89. The third-order valence-corrected chi connectivity index (χ3v) is 3.64. The molecule has 1 aromatic carbocycles. The van der Waals surface area contributed by atoms with E-state index in [4.69, 9.17) is 4.74 Å². The van der Waals surface area contributed by atoms with Gasteiger partial charge in [-0.2, -0.15) is 0 Å².